The molecule has 44 heavy (non-hydrogen) atoms. The summed E-state index contributed by atoms with van der Waals surface area (Å²) in [5.74, 6) is -0.0396. The number of amides is 2. The molecule has 0 unspecified atom stereocenters. The fourth-order valence-corrected chi connectivity index (χ4v) is 6.50. The minimum absolute atomic E-state index is 0.0525. The highest BCUT2D eigenvalue weighted by molar-refractivity contribution is 5.94. The van der Waals surface area contributed by atoms with E-state index in [-0.39, 0.29) is 12.5 Å². The van der Waals surface area contributed by atoms with Crippen LogP contribution in [-0.4, -0.2) is 92.6 Å². The SMILES string of the molecule is O=C(CCC(F)(F)F)N1CC=C(c2cccn3nc(Nc4ccc(C(=O)N5CCN(C6CCCCC6)CC5)cc4)nc23)CC1. The lowest BCUT2D eigenvalue weighted by Gasteiger charge is -2.40. The predicted molar refractivity (Wildman–Crippen MR) is 162 cm³/mol. The van der Waals surface area contributed by atoms with Crippen molar-refractivity contribution in [2.75, 3.05) is 44.6 Å². The van der Waals surface area contributed by atoms with Crippen LogP contribution in [0.25, 0.3) is 11.2 Å². The van der Waals surface area contributed by atoms with Gasteiger partial charge in [0, 0.05) is 74.7 Å². The van der Waals surface area contributed by atoms with E-state index in [9.17, 15) is 22.8 Å². The summed E-state index contributed by atoms with van der Waals surface area (Å²) < 4.78 is 39.2. The number of piperazine rings is 1. The van der Waals surface area contributed by atoms with Crippen LogP contribution in [0.5, 0.6) is 0 Å². The summed E-state index contributed by atoms with van der Waals surface area (Å²) >= 11 is 0. The van der Waals surface area contributed by atoms with E-state index < -0.39 is 24.9 Å². The maximum Gasteiger partial charge on any atom is 0.389 e. The maximum absolute atomic E-state index is 13.2. The van der Waals surface area contributed by atoms with Crippen LogP contribution in [-0.2, 0) is 4.79 Å². The molecule has 0 radical (unpaired) electrons. The third-order valence-electron chi connectivity index (χ3n) is 8.97. The third kappa shape index (κ3) is 7.06. The van der Waals surface area contributed by atoms with Crippen molar-refractivity contribution in [3.05, 3.63) is 59.8 Å². The number of nitrogens with zero attached hydrogens (tertiary/aromatic N) is 6. The Kier molecular flexibility index (Phi) is 8.88. The van der Waals surface area contributed by atoms with Gasteiger partial charge in [-0.25, -0.2) is 4.52 Å². The third-order valence-corrected chi connectivity index (χ3v) is 8.97. The summed E-state index contributed by atoms with van der Waals surface area (Å²) in [5.41, 5.74) is 3.88. The number of halogens is 3. The molecule has 2 aromatic heterocycles. The van der Waals surface area contributed by atoms with E-state index in [0.717, 1.165) is 43.0 Å². The highest BCUT2D eigenvalue weighted by atomic mass is 19.4. The molecule has 1 aliphatic carbocycles. The molecular weight excluding hydrogens is 571 g/mol. The first-order valence-corrected chi connectivity index (χ1v) is 15.5. The Morgan fingerprint density at radius 2 is 1.68 bits per heavy atom. The number of hydrogen-bond donors (Lipinski definition) is 1. The molecule has 0 spiro atoms. The Bertz CT molecular complexity index is 1500. The highest BCUT2D eigenvalue weighted by Crippen LogP contribution is 2.28. The molecule has 3 aromatic rings. The molecule has 2 fully saturated rings. The van der Waals surface area contributed by atoms with Gasteiger partial charge < -0.3 is 15.1 Å². The highest BCUT2D eigenvalue weighted by Gasteiger charge is 2.30. The zero-order chi connectivity index (χ0) is 30.7. The van der Waals surface area contributed by atoms with Crippen LogP contribution in [0.2, 0.25) is 0 Å². The molecule has 2 amide bonds. The molecule has 4 heterocycles. The minimum atomic E-state index is -4.34. The van der Waals surface area contributed by atoms with Crippen molar-refractivity contribution in [1.29, 1.82) is 0 Å². The van der Waals surface area contributed by atoms with Crippen molar-refractivity contribution < 1.29 is 22.8 Å². The Hall–Kier alpha value is -3.93. The van der Waals surface area contributed by atoms with Crippen LogP contribution in [0, 0.1) is 0 Å². The van der Waals surface area contributed by atoms with E-state index >= 15 is 0 Å². The molecule has 234 valence electrons. The van der Waals surface area contributed by atoms with Crippen molar-refractivity contribution in [2.24, 2.45) is 0 Å². The first-order valence-electron chi connectivity index (χ1n) is 15.5. The average molecular weight is 610 g/mol. The lowest BCUT2D eigenvalue weighted by atomic mass is 9.94. The van der Waals surface area contributed by atoms with E-state index in [1.165, 1.54) is 37.0 Å². The predicted octanol–water partition coefficient (Wildman–Crippen LogP) is 5.52. The number of carbonyl (C=O) groups excluding carboxylic acids is 2. The zero-order valence-corrected chi connectivity index (χ0v) is 24.7. The van der Waals surface area contributed by atoms with Gasteiger partial charge in [-0.3, -0.25) is 14.5 Å². The number of nitrogens with one attached hydrogen (secondary N) is 1. The molecule has 0 bridgehead atoms. The van der Waals surface area contributed by atoms with Crippen LogP contribution >= 0.6 is 0 Å². The Balaban J connectivity index is 1.06. The second kappa shape index (κ2) is 13.0. The van der Waals surface area contributed by atoms with Gasteiger partial charge in [-0.2, -0.15) is 18.2 Å². The van der Waals surface area contributed by atoms with Crippen LogP contribution in [0.15, 0.2) is 48.7 Å². The molecule has 12 heteroatoms. The number of benzene rings is 1. The van der Waals surface area contributed by atoms with E-state index in [1.807, 2.05) is 47.4 Å². The normalized spacial score (nSPS) is 18.8. The number of alkyl halides is 3. The van der Waals surface area contributed by atoms with Crippen LogP contribution < -0.4 is 5.32 Å². The smallest absolute Gasteiger partial charge is 0.339 e. The van der Waals surface area contributed by atoms with Gasteiger partial charge in [-0.1, -0.05) is 25.3 Å². The summed E-state index contributed by atoms with van der Waals surface area (Å²) in [7, 11) is 0. The molecule has 1 aromatic carbocycles. The van der Waals surface area contributed by atoms with Gasteiger partial charge in [0.2, 0.25) is 11.9 Å². The molecule has 2 aliphatic heterocycles. The van der Waals surface area contributed by atoms with Crippen molar-refractivity contribution in [3.63, 3.8) is 0 Å². The molecule has 1 saturated heterocycles. The monoisotopic (exact) mass is 609 g/mol. The molecule has 3 aliphatic rings. The lowest BCUT2D eigenvalue weighted by molar-refractivity contribution is -0.148. The second-order valence-corrected chi connectivity index (χ2v) is 11.9. The number of anilines is 2. The number of rotatable bonds is 7. The van der Waals surface area contributed by atoms with Crippen molar-refractivity contribution in [3.8, 4) is 0 Å². The van der Waals surface area contributed by atoms with Crippen LogP contribution in [0.4, 0.5) is 24.8 Å². The summed E-state index contributed by atoms with van der Waals surface area (Å²) in [5, 5.41) is 7.77. The first-order chi connectivity index (χ1) is 21.2. The van der Waals surface area contributed by atoms with E-state index in [0.29, 0.717) is 36.2 Å². The van der Waals surface area contributed by atoms with E-state index in [1.54, 1.807) is 10.7 Å². The summed E-state index contributed by atoms with van der Waals surface area (Å²) in [6, 6.07) is 11.8. The van der Waals surface area contributed by atoms with Crippen LogP contribution in [0.3, 0.4) is 0 Å². The Labute approximate surface area is 254 Å². The molecule has 0 atom stereocenters. The van der Waals surface area contributed by atoms with Gasteiger partial charge in [0.1, 0.15) is 0 Å². The van der Waals surface area contributed by atoms with Gasteiger partial charge >= 0.3 is 6.18 Å². The largest absolute Gasteiger partial charge is 0.389 e. The molecule has 9 nitrogen and oxygen atoms in total. The number of pyridine rings is 1. The molecule has 6 rings (SSSR count). The van der Waals surface area contributed by atoms with Crippen LogP contribution in [0.1, 0.15) is 67.3 Å². The lowest BCUT2D eigenvalue weighted by Crippen LogP contribution is -2.52. The molecular formula is C32H38F3N7O2. The Morgan fingerprint density at radius 1 is 0.932 bits per heavy atom. The quantitative estimate of drug-likeness (QED) is 0.380. The second-order valence-electron chi connectivity index (χ2n) is 11.9. The van der Waals surface area contributed by atoms with Gasteiger partial charge in [-0.15, -0.1) is 5.10 Å². The minimum Gasteiger partial charge on any atom is -0.339 e. The summed E-state index contributed by atoms with van der Waals surface area (Å²) in [6.07, 6.45) is 4.73. The number of aromatic nitrogens is 3. The van der Waals surface area contributed by atoms with Gasteiger partial charge in [0.25, 0.3) is 5.91 Å². The average Bonchev–Trinajstić information content (AvgIpc) is 3.46. The number of carbonyl (C=O) groups is 2. The summed E-state index contributed by atoms with van der Waals surface area (Å²) in [6.45, 7) is 3.99. The topological polar surface area (TPSA) is 86.1 Å². The molecule has 1 saturated carbocycles. The van der Waals surface area contributed by atoms with Gasteiger partial charge in [0.15, 0.2) is 5.65 Å². The fourth-order valence-electron chi connectivity index (χ4n) is 6.50. The molecule has 1 N–H and O–H groups in total. The van der Waals surface area contributed by atoms with Gasteiger partial charge in [0.05, 0.1) is 6.42 Å². The first kappa shape index (κ1) is 30.1. The number of hydrogen-bond acceptors (Lipinski definition) is 6. The van der Waals surface area contributed by atoms with Gasteiger partial charge in [-0.05, 0) is 61.2 Å². The maximum atomic E-state index is 13.2. The standard InChI is InChI=1S/C32H38F3N7O2/c33-32(34,35)15-12-28(43)40-17-13-23(14-18-40)27-7-4-16-42-29(27)37-31(38-42)36-25-10-8-24(9-11-25)30(44)41-21-19-39(20-22-41)26-5-2-1-3-6-26/h4,7-11,13,16,26H,1-3,5-6,12,14-15,17-22H2,(H,36,38). The number of fused-ring (bicyclic) bond motifs is 1. The van der Waals surface area contributed by atoms with E-state index in [4.69, 9.17) is 0 Å². The van der Waals surface area contributed by atoms with Crippen molar-refractivity contribution in [1.82, 2.24) is 29.3 Å². The zero-order valence-electron chi connectivity index (χ0n) is 24.7. The summed E-state index contributed by atoms with van der Waals surface area (Å²) in [4.78, 5) is 36.0. The van der Waals surface area contributed by atoms with Crippen molar-refractivity contribution >= 4 is 34.7 Å². The Morgan fingerprint density at radius 3 is 2.36 bits per heavy atom. The van der Waals surface area contributed by atoms with Crippen molar-refractivity contribution in [2.45, 2.75) is 63.6 Å². The van der Waals surface area contributed by atoms with E-state index in [2.05, 4.69) is 20.3 Å². The fraction of sp³-hybridized carbons (Fsp3) is 0.500.